The largest absolute Gasteiger partial charge is 0.308 e. The Kier molecular flexibility index (Phi) is 5.53. The van der Waals surface area contributed by atoms with Gasteiger partial charge in [0.1, 0.15) is 5.84 Å². The molecule has 0 amide bonds. The molecule has 0 spiro atoms. The maximum atomic E-state index is 6.44. The fourth-order valence-electron chi connectivity index (χ4n) is 3.45. The molecule has 2 N–H and O–H groups in total. The molecule has 3 nitrogen and oxygen atoms in total. The smallest absolute Gasteiger partial charge is 0.120 e. The van der Waals surface area contributed by atoms with E-state index in [1.807, 2.05) is 42.1 Å². The number of aliphatic imine (C=N–C) groups is 1. The van der Waals surface area contributed by atoms with Crippen molar-refractivity contribution in [1.29, 1.82) is 0 Å². The molecule has 0 bridgehead atoms. The standard InChI is InChI=1S/C21H24ClN3S/c22-19-9-5-4-8-18(19)21(12-13-21)25-24-20(16-10-14-26-15-11-16)23-17-6-2-1-3-7-17/h1-9,16,25H,10-15H2,(H,23,24). The summed E-state index contributed by atoms with van der Waals surface area (Å²) in [6, 6.07) is 18.3. The number of nitrogens with one attached hydrogen (secondary N) is 2. The van der Waals surface area contributed by atoms with Gasteiger partial charge in [-0.2, -0.15) is 11.8 Å². The van der Waals surface area contributed by atoms with Gasteiger partial charge in [-0.1, -0.05) is 48.0 Å². The molecule has 1 saturated heterocycles. The summed E-state index contributed by atoms with van der Waals surface area (Å²) in [6.07, 6.45) is 4.51. The molecule has 26 heavy (non-hydrogen) atoms. The summed E-state index contributed by atoms with van der Waals surface area (Å²) >= 11 is 8.48. The Labute approximate surface area is 164 Å². The highest BCUT2D eigenvalue weighted by molar-refractivity contribution is 7.99. The van der Waals surface area contributed by atoms with Gasteiger partial charge in [-0.05, 0) is 61.0 Å². The van der Waals surface area contributed by atoms with E-state index in [2.05, 4.69) is 35.1 Å². The van der Waals surface area contributed by atoms with Crippen LogP contribution in [0.3, 0.4) is 0 Å². The fourth-order valence-corrected chi connectivity index (χ4v) is 4.88. The molecule has 0 radical (unpaired) electrons. The Hall–Kier alpha value is -1.49. The Morgan fingerprint density at radius 2 is 1.69 bits per heavy atom. The van der Waals surface area contributed by atoms with Crippen molar-refractivity contribution in [3.63, 3.8) is 0 Å². The van der Waals surface area contributed by atoms with E-state index in [-0.39, 0.29) is 5.54 Å². The zero-order valence-corrected chi connectivity index (χ0v) is 16.3. The molecule has 1 aliphatic heterocycles. The summed E-state index contributed by atoms with van der Waals surface area (Å²) in [5.74, 6) is 3.94. The third kappa shape index (κ3) is 4.08. The lowest BCUT2D eigenvalue weighted by Gasteiger charge is -2.27. The third-order valence-corrected chi connectivity index (χ3v) is 6.56. The maximum Gasteiger partial charge on any atom is 0.120 e. The van der Waals surface area contributed by atoms with Gasteiger partial charge in [0, 0.05) is 10.9 Å². The van der Waals surface area contributed by atoms with Gasteiger partial charge in [-0.25, -0.2) is 10.4 Å². The summed E-state index contributed by atoms with van der Waals surface area (Å²) in [5.41, 5.74) is 9.17. The van der Waals surface area contributed by atoms with E-state index in [4.69, 9.17) is 16.6 Å². The molecular weight excluding hydrogens is 362 g/mol. The van der Waals surface area contributed by atoms with E-state index in [9.17, 15) is 0 Å². The summed E-state index contributed by atoms with van der Waals surface area (Å²) in [5, 5.41) is 0.829. The monoisotopic (exact) mass is 385 g/mol. The van der Waals surface area contributed by atoms with Crippen LogP contribution in [0, 0.1) is 5.92 Å². The van der Waals surface area contributed by atoms with Gasteiger partial charge in [0.05, 0.1) is 11.2 Å². The van der Waals surface area contributed by atoms with Crippen LogP contribution in [0.2, 0.25) is 5.02 Å². The number of rotatable bonds is 5. The molecular formula is C21H24ClN3S. The second kappa shape index (κ2) is 8.03. The van der Waals surface area contributed by atoms with Crippen molar-refractivity contribution in [3.05, 3.63) is 65.2 Å². The Bertz CT molecular complexity index is 768. The molecule has 2 aromatic carbocycles. The van der Waals surface area contributed by atoms with E-state index in [0.29, 0.717) is 5.92 Å². The van der Waals surface area contributed by atoms with Crippen molar-refractivity contribution in [2.24, 2.45) is 10.9 Å². The van der Waals surface area contributed by atoms with Gasteiger partial charge in [-0.3, -0.25) is 0 Å². The number of hydrogen-bond donors (Lipinski definition) is 2. The summed E-state index contributed by atoms with van der Waals surface area (Å²) in [6.45, 7) is 0. The minimum atomic E-state index is -0.0702. The van der Waals surface area contributed by atoms with Crippen molar-refractivity contribution < 1.29 is 0 Å². The fraction of sp³-hybridized carbons (Fsp3) is 0.381. The minimum absolute atomic E-state index is 0.0702. The van der Waals surface area contributed by atoms with Crippen LogP contribution in [0.5, 0.6) is 0 Å². The first-order valence-electron chi connectivity index (χ1n) is 9.26. The van der Waals surface area contributed by atoms with Crippen LogP contribution in [0.4, 0.5) is 5.69 Å². The third-order valence-electron chi connectivity index (χ3n) is 5.18. The van der Waals surface area contributed by atoms with Crippen LogP contribution < -0.4 is 10.9 Å². The van der Waals surface area contributed by atoms with Crippen LogP contribution in [0.1, 0.15) is 31.2 Å². The molecule has 0 unspecified atom stereocenters. The number of nitrogens with zero attached hydrogens (tertiary/aromatic N) is 1. The average molecular weight is 386 g/mol. The normalized spacial score (nSPS) is 20.0. The lowest BCUT2D eigenvalue weighted by molar-refractivity contribution is 0.472. The molecule has 2 aromatic rings. The zero-order chi connectivity index (χ0) is 17.8. The predicted molar refractivity (Wildman–Crippen MR) is 112 cm³/mol. The number of benzene rings is 2. The average Bonchev–Trinajstić information content (AvgIpc) is 3.48. The van der Waals surface area contributed by atoms with Gasteiger partial charge in [0.25, 0.3) is 0 Å². The Morgan fingerprint density at radius 1 is 1.00 bits per heavy atom. The van der Waals surface area contributed by atoms with Crippen molar-refractivity contribution in [2.45, 2.75) is 31.2 Å². The highest BCUT2D eigenvalue weighted by atomic mass is 35.5. The van der Waals surface area contributed by atoms with Gasteiger partial charge in [0.15, 0.2) is 0 Å². The first-order chi connectivity index (χ1) is 12.8. The topological polar surface area (TPSA) is 36.4 Å². The number of thioether (sulfide) groups is 1. The van der Waals surface area contributed by atoms with E-state index >= 15 is 0 Å². The summed E-state index contributed by atoms with van der Waals surface area (Å²) < 4.78 is 0. The second-order valence-electron chi connectivity index (χ2n) is 7.03. The van der Waals surface area contributed by atoms with Crippen LogP contribution in [0.25, 0.3) is 0 Å². The predicted octanol–water partition coefficient (Wildman–Crippen LogP) is 5.30. The number of hydrazine groups is 1. The van der Waals surface area contributed by atoms with E-state index in [1.54, 1.807) is 0 Å². The number of amidine groups is 1. The van der Waals surface area contributed by atoms with E-state index in [1.165, 1.54) is 29.9 Å². The molecule has 136 valence electrons. The quantitative estimate of drug-likeness (QED) is 0.416. The van der Waals surface area contributed by atoms with E-state index < -0.39 is 0 Å². The van der Waals surface area contributed by atoms with Crippen LogP contribution in [-0.4, -0.2) is 17.3 Å². The molecule has 0 aromatic heterocycles. The van der Waals surface area contributed by atoms with Crippen LogP contribution in [-0.2, 0) is 5.54 Å². The first kappa shape index (κ1) is 17.9. The molecule has 1 aliphatic carbocycles. The molecule has 1 heterocycles. The lowest BCUT2D eigenvalue weighted by atomic mass is 10.0. The molecule has 0 atom stereocenters. The minimum Gasteiger partial charge on any atom is -0.308 e. The van der Waals surface area contributed by atoms with Crippen LogP contribution in [0.15, 0.2) is 59.6 Å². The molecule has 2 aliphatic rings. The van der Waals surface area contributed by atoms with Gasteiger partial charge in [-0.15, -0.1) is 0 Å². The molecule has 4 rings (SSSR count). The maximum absolute atomic E-state index is 6.44. The number of halogens is 1. The molecule has 5 heteroatoms. The zero-order valence-electron chi connectivity index (χ0n) is 14.7. The number of hydrogen-bond acceptors (Lipinski definition) is 3. The van der Waals surface area contributed by atoms with Crippen molar-refractivity contribution in [2.75, 3.05) is 11.5 Å². The highest BCUT2D eigenvalue weighted by Gasteiger charge is 2.46. The summed E-state index contributed by atoms with van der Waals surface area (Å²) in [7, 11) is 0. The summed E-state index contributed by atoms with van der Waals surface area (Å²) in [4.78, 5) is 4.93. The van der Waals surface area contributed by atoms with Crippen LogP contribution >= 0.6 is 23.4 Å². The number of para-hydroxylation sites is 1. The Morgan fingerprint density at radius 3 is 2.38 bits per heavy atom. The first-order valence-corrected chi connectivity index (χ1v) is 10.8. The van der Waals surface area contributed by atoms with Gasteiger partial charge in [0.2, 0.25) is 0 Å². The van der Waals surface area contributed by atoms with Gasteiger partial charge >= 0.3 is 0 Å². The van der Waals surface area contributed by atoms with E-state index in [0.717, 1.165) is 29.4 Å². The molecule has 2 fully saturated rings. The molecule has 1 saturated carbocycles. The SMILES string of the molecule is Clc1ccccc1C1(NNC(=Nc2ccccc2)C2CCSCC2)CC1. The van der Waals surface area contributed by atoms with Crippen molar-refractivity contribution in [3.8, 4) is 0 Å². The van der Waals surface area contributed by atoms with Crippen molar-refractivity contribution in [1.82, 2.24) is 10.9 Å². The van der Waals surface area contributed by atoms with Gasteiger partial charge < -0.3 is 5.43 Å². The second-order valence-corrected chi connectivity index (χ2v) is 8.66. The Balaban J connectivity index is 1.54. The van der Waals surface area contributed by atoms with Crippen molar-refractivity contribution >= 4 is 34.9 Å². The lowest BCUT2D eigenvalue weighted by Crippen LogP contribution is -2.47. The highest BCUT2D eigenvalue weighted by Crippen LogP contribution is 2.47.